The van der Waals surface area contributed by atoms with Gasteiger partial charge >= 0.3 is 0 Å². The van der Waals surface area contributed by atoms with Gasteiger partial charge in [-0.2, -0.15) is 11.3 Å². The van der Waals surface area contributed by atoms with Crippen molar-refractivity contribution in [3.05, 3.63) is 46.7 Å². The maximum absolute atomic E-state index is 3.47. The minimum atomic E-state index is 0.404. The summed E-state index contributed by atoms with van der Waals surface area (Å²) in [7, 11) is 0. The Labute approximate surface area is 101 Å². The zero-order chi connectivity index (χ0) is 11.4. The molecule has 1 N–H and O–H groups in total. The van der Waals surface area contributed by atoms with Crippen LogP contribution < -0.4 is 5.32 Å². The van der Waals surface area contributed by atoms with Gasteiger partial charge in [0.1, 0.15) is 0 Å². The molecule has 1 atom stereocenters. The third-order valence-electron chi connectivity index (χ3n) is 2.77. The molecule has 1 aromatic heterocycles. The van der Waals surface area contributed by atoms with Gasteiger partial charge in [0.25, 0.3) is 0 Å². The lowest BCUT2D eigenvalue weighted by atomic mass is 9.97. The maximum Gasteiger partial charge on any atom is 0.0297 e. The lowest BCUT2D eigenvalue weighted by Crippen LogP contribution is -2.18. The Bertz CT molecular complexity index is 434. The van der Waals surface area contributed by atoms with E-state index in [0.717, 1.165) is 6.54 Å². The molecular formula is C14H17NS. The van der Waals surface area contributed by atoms with E-state index in [2.05, 4.69) is 60.3 Å². The molecule has 1 heterocycles. The summed E-state index contributed by atoms with van der Waals surface area (Å²) in [5, 5.41) is 7.80. The van der Waals surface area contributed by atoms with Crippen LogP contribution in [0.5, 0.6) is 0 Å². The minimum Gasteiger partial charge on any atom is -0.310 e. The quantitative estimate of drug-likeness (QED) is 0.836. The molecule has 2 aromatic rings. The van der Waals surface area contributed by atoms with Crippen LogP contribution in [0.15, 0.2) is 41.1 Å². The molecule has 0 amide bonds. The summed E-state index contributed by atoms with van der Waals surface area (Å²) in [6.45, 7) is 5.36. The van der Waals surface area contributed by atoms with Crippen LogP contribution in [-0.2, 0) is 0 Å². The van der Waals surface area contributed by atoms with Crippen molar-refractivity contribution in [1.29, 1.82) is 0 Å². The first-order valence-electron chi connectivity index (χ1n) is 5.67. The van der Waals surface area contributed by atoms with Crippen LogP contribution in [-0.4, -0.2) is 6.54 Å². The highest BCUT2D eigenvalue weighted by Crippen LogP contribution is 2.29. The largest absolute Gasteiger partial charge is 0.310 e. The van der Waals surface area contributed by atoms with E-state index in [1.54, 1.807) is 11.3 Å². The fourth-order valence-corrected chi connectivity index (χ4v) is 2.63. The maximum atomic E-state index is 3.47. The molecule has 0 saturated heterocycles. The van der Waals surface area contributed by atoms with E-state index in [1.165, 1.54) is 16.7 Å². The number of rotatable bonds is 4. The van der Waals surface area contributed by atoms with E-state index in [1.807, 2.05) is 0 Å². The molecule has 2 heteroatoms. The van der Waals surface area contributed by atoms with E-state index in [9.17, 15) is 0 Å². The van der Waals surface area contributed by atoms with Crippen LogP contribution in [0.2, 0.25) is 0 Å². The second kappa shape index (κ2) is 5.28. The summed E-state index contributed by atoms with van der Waals surface area (Å²) in [5.41, 5.74) is 4.05. The summed E-state index contributed by atoms with van der Waals surface area (Å²) in [5.74, 6) is 0. The second-order valence-electron chi connectivity index (χ2n) is 3.88. The lowest BCUT2D eigenvalue weighted by Gasteiger charge is -2.16. The van der Waals surface area contributed by atoms with Crippen LogP contribution in [0.25, 0.3) is 11.1 Å². The van der Waals surface area contributed by atoms with Gasteiger partial charge in [-0.25, -0.2) is 0 Å². The lowest BCUT2D eigenvalue weighted by molar-refractivity contribution is 0.599. The smallest absolute Gasteiger partial charge is 0.0297 e. The first-order chi connectivity index (χ1) is 7.83. The van der Waals surface area contributed by atoms with E-state index >= 15 is 0 Å². The van der Waals surface area contributed by atoms with Crippen molar-refractivity contribution in [2.75, 3.05) is 6.54 Å². The van der Waals surface area contributed by atoms with Crippen molar-refractivity contribution in [3.8, 4) is 11.1 Å². The van der Waals surface area contributed by atoms with Gasteiger partial charge < -0.3 is 5.32 Å². The molecule has 16 heavy (non-hydrogen) atoms. The zero-order valence-electron chi connectivity index (χ0n) is 9.73. The van der Waals surface area contributed by atoms with Crippen LogP contribution in [0.3, 0.4) is 0 Å². The fraction of sp³-hybridized carbons (Fsp3) is 0.286. The Morgan fingerprint density at radius 1 is 1.25 bits per heavy atom. The predicted octanol–water partition coefficient (Wildman–Crippen LogP) is 4.09. The molecule has 2 rings (SSSR count). The van der Waals surface area contributed by atoms with Gasteiger partial charge in [0.05, 0.1) is 0 Å². The molecular weight excluding hydrogens is 214 g/mol. The van der Waals surface area contributed by atoms with Crippen molar-refractivity contribution in [2.45, 2.75) is 19.9 Å². The molecule has 0 aliphatic rings. The van der Waals surface area contributed by atoms with Crippen molar-refractivity contribution < 1.29 is 0 Å². The topological polar surface area (TPSA) is 12.0 Å². The van der Waals surface area contributed by atoms with Crippen LogP contribution in [0.4, 0.5) is 0 Å². The first-order valence-corrected chi connectivity index (χ1v) is 6.62. The Kier molecular flexibility index (Phi) is 3.75. The average Bonchev–Trinajstić information content (AvgIpc) is 2.83. The van der Waals surface area contributed by atoms with E-state index in [0.29, 0.717) is 6.04 Å². The molecule has 0 bridgehead atoms. The molecule has 1 aromatic carbocycles. The Morgan fingerprint density at radius 2 is 2.06 bits per heavy atom. The van der Waals surface area contributed by atoms with Crippen LogP contribution >= 0.6 is 11.3 Å². The summed E-state index contributed by atoms with van der Waals surface area (Å²) in [4.78, 5) is 0. The van der Waals surface area contributed by atoms with E-state index < -0.39 is 0 Å². The molecule has 0 aliphatic carbocycles. The summed E-state index contributed by atoms with van der Waals surface area (Å²) in [6, 6.07) is 11.2. The standard InChI is InChI=1S/C14H17NS/c1-3-15-11(2)13-6-4-5-7-14(13)12-8-9-16-10-12/h4-11,15H,3H2,1-2H3. The fourth-order valence-electron chi connectivity index (χ4n) is 1.97. The average molecular weight is 231 g/mol. The van der Waals surface area contributed by atoms with Gasteiger partial charge in [-0.1, -0.05) is 31.2 Å². The van der Waals surface area contributed by atoms with Gasteiger partial charge in [-0.3, -0.25) is 0 Å². The van der Waals surface area contributed by atoms with Gasteiger partial charge in [0.2, 0.25) is 0 Å². The van der Waals surface area contributed by atoms with E-state index in [4.69, 9.17) is 0 Å². The molecule has 84 valence electrons. The molecule has 0 spiro atoms. The highest BCUT2D eigenvalue weighted by molar-refractivity contribution is 7.08. The van der Waals surface area contributed by atoms with Gasteiger partial charge in [0.15, 0.2) is 0 Å². The van der Waals surface area contributed by atoms with E-state index in [-0.39, 0.29) is 0 Å². The monoisotopic (exact) mass is 231 g/mol. The Morgan fingerprint density at radius 3 is 2.75 bits per heavy atom. The highest BCUT2D eigenvalue weighted by Gasteiger charge is 2.10. The first kappa shape index (κ1) is 11.4. The Balaban J connectivity index is 2.38. The highest BCUT2D eigenvalue weighted by atomic mass is 32.1. The number of benzene rings is 1. The molecule has 0 radical (unpaired) electrons. The van der Waals surface area contributed by atoms with Gasteiger partial charge in [-0.15, -0.1) is 0 Å². The summed E-state index contributed by atoms with van der Waals surface area (Å²) >= 11 is 1.75. The number of hydrogen-bond donors (Lipinski definition) is 1. The van der Waals surface area contributed by atoms with Gasteiger partial charge in [0, 0.05) is 6.04 Å². The molecule has 0 aliphatic heterocycles. The van der Waals surface area contributed by atoms with Gasteiger partial charge in [-0.05, 0) is 47.0 Å². The zero-order valence-corrected chi connectivity index (χ0v) is 10.6. The third kappa shape index (κ3) is 2.34. The van der Waals surface area contributed by atoms with Crippen molar-refractivity contribution in [2.24, 2.45) is 0 Å². The molecule has 1 unspecified atom stereocenters. The minimum absolute atomic E-state index is 0.404. The summed E-state index contributed by atoms with van der Waals surface area (Å²) < 4.78 is 0. The summed E-state index contributed by atoms with van der Waals surface area (Å²) in [6.07, 6.45) is 0. The molecule has 1 nitrogen and oxygen atoms in total. The van der Waals surface area contributed by atoms with Crippen LogP contribution in [0, 0.1) is 0 Å². The van der Waals surface area contributed by atoms with Crippen molar-refractivity contribution >= 4 is 11.3 Å². The Hall–Kier alpha value is -1.12. The number of hydrogen-bond acceptors (Lipinski definition) is 2. The number of nitrogens with one attached hydrogen (secondary N) is 1. The third-order valence-corrected chi connectivity index (χ3v) is 3.45. The van der Waals surface area contributed by atoms with Crippen LogP contribution in [0.1, 0.15) is 25.5 Å². The van der Waals surface area contributed by atoms with Crippen molar-refractivity contribution in [3.63, 3.8) is 0 Å². The molecule has 0 fully saturated rings. The second-order valence-corrected chi connectivity index (χ2v) is 4.66. The predicted molar refractivity (Wildman–Crippen MR) is 71.8 cm³/mol. The SMILES string of the molecule is CCNC(C)c1ccccc1-c1ccsc1. The van der Waals surface area contributed by atoms with Crippen molar-refractivity contribution in [1.82, 2.24) is 5.32 Å². The normalized spacial score (nSPS) is 12.6. The molecule has 0 saturated carbocycles. The number of thiophene rings is 1.